The van der Waals surface area contributed by atoms with Gasteiger partial charge >= 0.3 is 5.97 Å². The van der Waals surface area contributed by atoms with E-state index in [0.29, 0.717) is 18.5 Å². The Morgan fingerprint density at radius 2 is 2.12 bits per heavy atom. The summed E-state index contributed by atoms with van der Waals surface area (Å²) in [5, 5.41) is 9.61. The lowest BCUT2D eigenvalue weighted by Gasteiger charge is -2.23. The topological polar surface area (TPSA) is 91.8 Å². The molecule has 1 aliphatic heterocycles. The fourth-order valence-corrected chi connectivity index (χ4v) is 5.08. The zero-order valence-corrected chi connectivity index (χ0v) is 15.1. The molecular weight excluding hydrogens is 342 g/mol. The minimum atomic E-state index is -3.31. The Kier molecular flexibility index (Phi) is 4.62. The molecule has 6 nitrogen and oxygen atoms in total. The molecule has 1 heterocycles. The van der Waals surface area contributed by atoms with Crippen LogP contribution in [0.25, 0.3) is 0 Å². The van der Waals surface area contributed by atoms with Crippen LogP contribution < -0.4 is 0 Å². The summed E-state index contributed by atoms with van der Waals surface area (Å²) in [7, 11) is -3.31. The van der Waals surface area contributed by atoms with Crippen LogP contribution in [0.1, 0.15) is 31.7 Å². The second kappa shape index (κ2) is 6.44. The summed E-state index contributed by atoms with van der Waals surface area (Å²) in [5.74, 6) is -0.901. The van der Waals surface area contributed by atoms with E-state index in [2.05, 4.69) is 0 Å². The van der Waals surface area contributed by atoms with Gasteiger partial charge in [0.1, 0.15) is 0 Å². The molecule has 2 aliphatic rings. The van der Waals surface area contributed by atoms with Gasteiger partial charge in [0.15, 0.2) is 9.84 Å². The number of nitrogens with zero attached hydrogens (tertiary/aromatic N) is 1. The van der Waals surface area contributed by atoms with Gasteiger partial charge in [-0.05, 0) is 36.5 Å². The highest BCUT2D eigenvalue weighted by Crippen LogP contribution is 2.48. The first-order valence-electron chi connectivity index (χ1n) is 8.61. The van der Waals surface area contributed by atoms with Gasteiger partial charge in [0.05, 0.1) is 22.5 Å². The molecular formula is C18H23NO5S. The van der Waals surface area contributed by atoms with Gasteiger partial charge in [-0.1, -0.05) is 25.5 Å². The van der Waals surface area contributed by atoms with Gasteiger partial charge in [0.2, 0.25) is 5.91 Å². The van der Waals surface area contributed by atoms with Crippen molar-refractivity contribution >= 4 is 21.7 Å². The molecule has 1 aromatic carbocycles. The summed E-state index contributed by atoms with van der Waals surface area (Å²) >= 11 is 0. The molecule has 3 rings (SSSR count). The van der Waals surface area contributed by atoms with Crippen LogP contribution >= 0.6 is 0 Å². The molecule has 2 atom stereocenters. The zero-order valence-electron chi connectivity index (χ0n) is 14.3. The summed E-state index contributed by atoms with van der Waals surface area (Å²) in [6.45, 7) is 2.33. The van der Waals surface area contributed by atoms with E-state index < -0.39 is 21.2 Å². The quantitative estimate of drug-likeness (QED) is 0.858. The maximum absolute atomic E-state index is 12.6. The van der Waals surface area contributed by atoms with Crippen LogP contribution in [0.3, 0.4) is 0 Å². The molecule has 2 fully saturated rings. The summed E-state index contributed by atoms with van der Waals surface area (Å²) in [6, 6.07) is 6.45. The fourth-order valence-electron chi connectivity index (χ4n) is 4.13. The largest absolute Gasteiger partial charge is 0.481 e. The lowest BCUT2D eigenvalue weighted by Crippen LogP contribution is -2.37. The van der Waals surface area contributed by atoms with E-state index in [1.165, 1.54) is 6.07 Å². The number of amides is 1. The number of fused-ring (bicyclic) bond motifs is 1. The van der Waals surface area contributed by atoms with Crippen LogP contribution in [-0.2, 0) is 25.8 Å². The third kappa shape index (κ3) is 3.17. The Morgan fingerprint density at radius 1 is 1.36 bits per heavy atom. The molecule has 0 bridgehead atoms. The lowest BCUT2D eigenvalue weighted by atomic mass is 9.81. The van der Waals surface area contributed by atoms with Gasteiger partial charge in [-0.15, -0.1) is 0 Å². The fraction of sp³-hybridized carbons (Fsp3) is 0.556. The molecule has 1 saturated carbocycles. The van der Waals surface area contributed by atoms with Crippen molar-refractivity contribution in [3.63, 3.8) is 0 Å². The van der Waals surface area contributed by atoms with E-state index in [9.17, 15) is 23.1 Å². The number of benzene rings is 1. The number of hydrogen-bond acceptors (Lipinski definition) is 4. The Hall–Kier alpha value is -1.89. The summed E-state index contributed by atoms with van der Waals surface area (Å²) in [6.07, 6.45) is 2.47. The maximum atomic E-state index is 12.6. The van der Waals surface area contributed by atoms with E-state index in [4.69, 9.17) is 0 Å². The van der Waals surface area contributed by atoms with Crippen LogP contribution in [0, 0.1) is 11.3 Å². The first-order valence-corrected chi connectivity index (χ1v) is 10.3. The number of carbonyl (C=O) groups excluding carboxylic acids is 1. The number of carboxylic acids is 1. The van der Waals surface area contributed by atoms with Crippen molar-refractivity contribution in [2.75, 3.05) is 18.8 Å². The van der Waals surface area contributed by atoms with E-state index in [-0.39, 0.29) is 35.4 Å². The monoisotopic (exact) mass is 365 g/mol. The van der Waals surface area contributed by atoms with Crippen LogP contribution in [-0.4, -0.2) is 49.1 Å². The molecule has 1 aromatic rings. The van der Waals surface area contributed by atoms with Crippen molar-refractivity contribution in [1.82, 2.24) is 4.90 Å². The van der Waals surface area contributed by atoms with Gasteiger partial charge in [0, 0.05) is 13.1 Å². The minimum absolute atomic E-state index is 0.0132. The number of carboxylic acid groups (broad SMARTS) is 1. The van der Waals surface area contributed by atoms with E-state index >= 15 is 0 Å². The average molecular weight is 365 g/mol. The molecule has 1 saturated heterocycles. The predicted octanol–water partition coefficient (Wildman–Crippen LogP) is 1.74. The van der Waals surface area contributed by atoms with Gasteiger partial charge in [0.25, 0.3) is 0 Å². The van der Waals surface area contributed by atoms with Crippen LogP contribution in [0.15, 0.2) is 29.2 Å². The molecule has 0 radical (unpaired) electrons. The molecule has 0 unspecified atom stereocenters. The van der Waals surface area contributed by atoms with Gasteiger partial charge in [-0.2, -0.15) is 0 Å². The number of sulfone groups is 1. The first kappa shape index (κ1) is 17.9. The highest BCUT2D eigenvalue weighted by atomic mass is 32.2. The number of carbonyl (C=O) groups is 2. The van der Waals surface area contributed by atoms with E-state index in [0.717, 1.165) is 12.8 Å². The first-order chi connectivity index (χ1) is 11.8. The molecule has 1 N–H and O–H groups in total. The molecule has 0 aromatic heterocycles. The molecule has 1 amide bonds. The highest BCUT2D eigenvalue weighted by Gasteiger charge is 2.55. The summed E-state index contributed by atoms with van der Waals surface area (Å²) in [5.41, 5.74) is -0.149. The van der Waals surface area contributed by atoms with Crippen molar-refractivity contribution in [2.45, 2.75) is 37.5 Å². The van der Waals surface area contributed by atoms with Gasteiger partial charge < -0.3 is 10.0 Å². The van der Waals surface area contributed by atoms with Crippen molar-refractivity contribution in [3.05, 3.63) is 29.8 Å². The highest BCUT2D eigenvalue weighted by molar-refractivity contribution is 7.91. The normalized spacial score (nSPS) is 25.8. The van der Waals surface area contributed by atoms with Crippen molar-refractivity contribution in [1.29, 1.82) is 0 Å². The summed E-state index contributed by atoms with van der Waals surface area (Å²) < 4.78 is 24.0. The van der Waals surface area contributed by atoms with Crippen molar-refractivity contribution in [2.24, 2.45) is 11.3 Å². The molecule has 1 aliphatic carbocycles. The summed E-state index contributed by atoms with van der Waals surface area (Å²) in [4.78, 5) is 26.2. The smallest absolute Gasteiger partial charge is 0.311 e. The van der Waals surface area contributed by atoms with Crippen LogP contribution in [0.5, 0.6) is 0 Å². The SMILES string of the molecule is CCS(=O)(=O)c1cccc(CC(=O)N2C[C@@H]3CCC[C@@]3(C(=O)O)C2)c1. The third-order valence-electron chi connectivity index (χ3n) is 5.64. The number of hydrogen-bond donors (Lipinski definition) is 1. The van der Waals surface area contributed by atoms with Gasteiger partial charge in [-0.3, -0.25) is 9.59 Å². The number of likely N-dealkylation sites (tertiary alicyclic amines) is 1. The maximum Gasteiger partial charge on any atom is 0.311 e. The standard InChI is InChI=1S/C18H23NO5S/c1-2-25(23,24)15-7-3-5-13(9-15)10-16(20)19-11-14-6-4-8-18(14,12-19)17(21)22/h3,5,7,9,14H,2,4,6,8,10-12H2,1H3,(H,21,22)/t14-,18+/m0/s1. The molecule has 0 spiro atoms. The second-order valence-electron chi connectivity index (χ2n) is 7.05. The average Bonchev–Trinajstić information content (AvgIpc) is 3.13. The number of aliphatic carboxylic acids is 1. The predicted molar refractivity (Wildman–Crippen MR) is 91.9 cm³/mol. The molecule has 7 heteroatoms. The van der Waals surface area contributed by atoms with E-state index in [1.807, 2.05) is 0 Å². The zero-order chi connectivity index (χ0) is 18.2. The Bertz CT molecular complexity index is 803. The Labute approximate surface area is 147 Å². The minimum Gasteiger partial charge on any atom is -0.481 e. The number of rotatable bonds is 5. The lowest BCUT2D eigenvalue weighted by molar-refractivity contribution is -0.149. The molecule has 25 heavy (non-hydrogen) atoms. The molecule has 136 valence electrons. The van der Waals surface area contributed by atoms with E-state index in [1.54, 1.807) is 30.0 Å². The van der Waals surface area contributed by atoms with Gasteiger partial charge in [-0.25, -0.2) is 8.42 Å². The Balaban J connectivity index is 1.74. The van der Waals surface area contributed by atoms with Crippen LogP contribution in [0.2, 0.25) is 0 Å². The van der Waals surface area contributed by atoms with Crippen molar-refractivity contribution in [3.8, 4) is 0 Å². The third-order valence-corrected chi connectivity index (χ3v) is 7.37. The Morgan fingerprint density at radius 3 is 2.76 bits per heavy atom. The van der Waals surface area contributed by atoms with Crippen LogP contribution in [0.4, 0.5) is 0 Å². The van der Waals surface area contributed by atoms with Crippen molar-refractivity contribution < 1.29 is 23.1 Å². The second-order valence-corrected chi connectivity index (χ2v) is 9.33.